The van der Waals surface area contributed by atoms with Gasteiger partial charge in [0.15, 0.2) is 5.17 Å². The van der Waals surface area contributed by atoms with Crippen LogP contribution >= 0.6 is 23.4 Å². The number of rotatable bonds is 5. The summed E-state index contributed by atoms with van der Waals surface area (Å²) in [5, 5.41) is 4.75. The first-order valence-corrected chi connectivity index (χ1v) is 11.5. The molecule has 0 aromatic heterocycles. The van der Waals surface area contributed by atoms with Gasteiger partial charge in [0, 0.05) is 29.0 Å². The van der Waals surface area contributed by atoms with Crippen LogP contribution in [0.1, 0.15) is 37.1 Å². The maximum atomic E-state index is 13.0. The van der Waals surface area contributed by atoms with Crippen LogP contribution in [0.5, 0.6) is 0 Å². The van der Waals surface area contributed by atoms with Gasteiger partial charge >= 0.3 is 5.97 Å². The van der Waals surface area contributed by atoms with Crippen LogP contribution < -0.4 is 10.2 Å². The van der Waals surface area contributed by atoms with E-state index in [1.54, 1.807) is 0 Å². The lowest BCUT2D eigenvalue weighted by Gasteiger charge is -2.34. The fourth-order valence-electron chi connectivity index (χ4n) is 3.67. The smallest absolute Gasteiger partial charge is 0.338 e. The minimum Gasteiger partial charge on any atom is -0.463 e. The fraction of sp³-hybridized carbons (Fsp3) is 0.304. The topological polar surface area (TPSA) is 63.8 Å². The highest BCUT2D eigenvalue weighted by atomic mass is 35.5. The van der Waals surface area contributed by atoms with Crippen molar-refractivity contribution in [1.82, 2.24) is 5.32 Å². The Hall–Kier alpha value is -2.28. The summed E-state index contributed by atoms with van der Waals surface area (Å²) < 4.78 is 5.42. The molecule has 30 heavy (non-hydrogen) atoms. The SMILES string of the molecule is CCOC(=O)C1=C(C)N(c2cccc(Cl)c2)C(SC)=NC1c1ccc([C@H]2CN2)cc1. The van der Waals surface area contributed by atoms with Crippen molar-refractivity contribution in [3.05, 3.63) is 76.0 Å². The van der Waals surface area contributed by atoms with Gasteiger partial charge in [0.2, 0.25) is 0 Å². The number of amidine groups is 1. The number of thioether (sulfide) groups is 1. The van der Waals surface area contributed by atoms with Crippen molar-refractivity contribution in [2.75, 3.05) is 24.3 Å². The Morgan fingerprint density at radius 1 is 1.27 bits per heavy atom. The minimum atomic E-state index is -0.414. The van der Waals surface area contributed by atoms with Crippen LogP contribution in [0.4, 0.5) is 5.69 Å². The Balaban J connectivity index is 1.80. The standard InChI is InChI=1S/C23H24ClN3O2S/c1-4-29-22(28)20-14(2)27(18-7-5-6-17(24)12-18)23(30-3)26-21(20)16-10-8-15(9-11-16)19-13-25-19/h5-12,19,21,25H,4,13H2,1-3H3/t19-,21?/m1/s1. The van der Waals surface area contributed by atoms with Crippen molar-refractivity contribution < 1.29 is 9.53 Å². The molecule has 0 spiro atoms. The number of ether oxygens (including phenoxy) is 1. The highest BCUT2D eigenvalue weighted by Crippen LogP contribution is 2.39. The summed E-state index contributed by atoms with van der Waals surface area (Å²) in [5.74, 6) is -0.344. The van der Waals surface area contributed by atoms with Gasteiger partial charge in [0.1, 0.15) is 6.04 Å². The summed E-state index contributed by atoms with van der Waals surface area (Å²) in [5.41, 5.74) is 4.44. The predicted molar refractivity (Wildman–Crippen MR) is 124 cm³/mol. The van der Waals surface area contributed by atoms with Crippen LogP contribution in [0.25, 0.3) is 0 Å². The van der Waals surface area contributed by atoms with Crippen LogP contribution in [0.15, 0.2) is 64.8 Å². The lowest BCUT2D eigenvalue weighted by molar-refractivity contribution is -0.138. The Bertz CT molecular complexity index is 1020. The average molecular weight is 442 g/mol. The van der Waals surface area contributed by atoms with E-state index in [1.807, 2.05) is 49.3 Å². The van der Waals surface area contributed by atoms with E-state index in [1.165, 1.54) is 17.3 Å². The predicted octanol–water partition coefficient (Wildman–Crippen LogP) is 5.10. The van der Waals surface area contributed by atoms with E-state index in [4.69, 9.17) is 21.3 Å². The second kappa shape index (κ2) is 8.84. The first kappa shape index (κ1) is 21.0. The summed E-state index contributed by atoms with van der Waals surface area (Å²) >= 11 is 7.77. The second-order valence-corrected chi connectivity index (χ2v) is 8.39. The Kier molecular flexibility index (Phi) is 6.18. The van der Waals surface area contributed by atoms with Crippen molar-refractivity contribution in [2.45, 2.75) is 25.9 Å². The van der Waals surface area contributed by atoms with E-state index in [0.29, 0.717) is 23.2 Å². The number of halogens is 1. The van der Waals surface area contributed by atoms with E-state index >= 15 is 0 Å². The third kappa shape index (κ3) is 4.13. The zero-order chi connectivity index (χ0) is 21.3. The quantitative estimate of drug-likeness (QED) is 0.516. The average Bonchev–Trinajstić information content (AvgIpc) is 3.58. The molecule has 1 saturated heterocycles. The van der Waals surface area contributed by atoms with Gasteiger partial charge in [-0.3, -0.25) is 4.90 Å². The number of anilines is 1. The zero-order valence-corrected chi connectivity index (χ0v) is 18.8. The molecule has 0 amide bonds. The van der Waals surface area contributed by atoms with Gasteiger partial charge in [-0.15, -0.1) is 0 Å². The molecular formula is C23H24ClN3O2S. The van der Waals surface area contributed by atoms with E-state index < -0.39 is 6.04 Å². The van der Waals surface area contributed by atoms with Crippen LogP contribution in [-0.2, 0) is 9.53 Å². The molecule has 0 bridgehead atoms. The Morgan fingerprint density at radius 3 is 2.57 bits per heavy atom. The third-order valence-corrected chi connectivity index (χ3v) is 6.12. The number of esters is 1. The van der Waals surface area contributed by atoms with Gasteiger partial charge in [-0.05, 0) is 49.4 Å². The number of hydrogen-bond donors (Lipinski definition) is 1. The fourth-order valence-corrected chi connectivity index (χ4v) is 4.49. The number of carbonyl (C=O) groups is 1. The first-order valence-electron chi connectivity index (χ1n) is 9.92. The molecule has 0 saturated carbocycles. The Labute approximate surface area is 186 Å². The molecule has 2 heterocycles. The van der Waals surface area contributed by atoms with Gasteiger partial charge in [0.05, 0.1) is 12.2 Å². The molecular weight excluding hydrogens is 418 g/mol. The lowest BCUT2D eigenvalue weighted by atomic mass is 9.94. The monoisotopic (exact) mass is 441 g/mol. The minimum absolute atomic E-state index is 0.310. The number of nitrogens with one attached hydrogen (secondary N) is 1. The lowest BCUT2D eigenvalue weighted by Crippen LogP contribution is -2.35. The van der Waals surface area contributed by atoms with Gasteiger partial charge in [-0.1, -0.05) is 53.7 Å². The van der Waals surface area contributed by atoms with E-state index in [9.17, 15) is 4.79 Å². The second-order valence-electron chi connectivity index (χ2n) is 7.18. The Morgan fingerprint density at radius 2 is 1.97 bits per heavy atom. The van der Waals surface area contributed by atoms with Crippen LogP contribution in [0.2, 0.25) is 5.02 Å². The van der Waals surface area contributed by atoms with E-state index in [0.717, 1.165) is 28.7 Å². The van der Waals surface area contributed by atoms with Crippen molar-refractivity contribution in [3.8, 4) is 0 Å². The molecule has 5 nitrogen and oxygen atoms in total. The number of benzene rings is 2. The van der Waals surface area contributed by atoms with E-state index in [-0.39, 0.29) is 5.97 Å². The number of aliphatic imine (C=N–C) groups is 1. The van der Waals surface area contributed by atoms with Crippen molar-refractivity contribution in [3.63, 3.8) is 0 Å². The highest BCUT2D eigenvalue weighted by Gasteiger charge is 2.35. The molecule has 0 aliphatic carbocycles. The van der Waals surface area contributed by atoms with Crippen molar-refractivity contribution in [1.29, 1.82) is 0 Å². The zero-order valence-electron chi connectivity index (χ0n) is 17.2. The molecule has 7 heteroatoms. The van der Waals surface area contributed by atoms with Gasteiger partial charge in [-0.25, -0.2) is 9.79 Å². The molecule has 2 aliphatic rings. The van der Waals surface area contributed by atoms with Crippen LogP contribution in [0, 0.1) is 0 Å². The largest absolute Gasteiger partial charge is 0.463 e. The highest BCUT2D eigenvalue weighted by molar-refractivity contribution is 8.13. The molecule has 156 valence electrons. The van der Waals surface area contributed by atoms with Crippen molar-refractivity contribution in [2.24, 2.45) is 4.99 Å². The molecule has 1 fully saturated rings. The summed E-state index contributed by atoms with van der Waals surface area (Å²) in [6.07, 6.45) is 1.98. The summed E-state index contributed by atoms with van der Waals surface area (Å²) in [6, 6.07) is 15.9. The van der Waals surface area contributed by atoms with E-state index in [2.05, 4.69) is 29.6 Å². The van der Waals surface area contributed by atoms with Crippen LogP contribution in [0.3, 0.4) is 0 Å². The summed E-state index contributed by atoms with van der Waals surface area (Å²) in [4.78, 5) is 19.9. The van der Waals surface area contributed by atoms with Gasteiger partial charge in [0.25, 0.3) is 0 Å². The number of carbonyl (C=O) groups excluding carboxylic acids is 1. The first-order chi connectivity index (χ1) is 14.5. The molecule has 1 unspecified atom stereocenters. The number of hydrogen-bond acceptors (Lipinski definition) is 6. The van der Waals surface area contributed by atoms with Gasteiger partial charge < -0.3 is 10.1 Å². The molecule has 4 rings (SSSR count). The third-order valence-electron chi connectivity index (χ3n) is 5.24. The molecule has 2 aromatic rings. The maximum Gasteiger partial charge on any atom is 0.338 e. The normalized spacial score (nSPS) is 20.8. The molecule has 2 aliphatic heterocycles. The number of nitrogens with zero attached hydrogens (tertiary/aromatic N) is 2. The maximum absolute atomic E-state index is 13.0. The van der Waals surface area contributed by atoms with Crippen molar-refractivity contribution >= 4 is 40.2 Å². The number of allylic oxidation sites excluding steroid dienone is 1. The summed E-state index contributed by atoms with van der Waals surface area (Å²) in [7, 11) is 0. The van der Waals surface area contributed by atoms with Gasteiger partial charge in [-0.2, -0.15) is 0 Å². The summed E-state index contributed by atoms with van der Waals surface area (Å²) in [6.45, 7) is 5.08. The molecule has 2 aromatic carbocycles. The van der Waals surface area contributed by atoms with Crippen LogP contribution in [-0.4, -0.2) is 30.5 Å². The molecule has 2 atom stereocenters. The molecule has 0 radical (unpaired) electrons. The molecule has 1 N–H and O–H groups in total.